The van der Waals surface area contributed by atoms with Crippen molar-refractivity contribution in [3.05, 3.63) is 71.6 Å². The summed E-state index contributed by atoms with van der Waals surface area (Å²) in [5.41, 5.74) is 3.37. The summed E-state index contributed by atoms with van der Waals surface area (Å²) in [4.78, 5) is 0. The summed E-state index contributed by atoms with van der Waals surface area (Å²) in [6, 6.07) is 18.2. The lowest BCUT2D eigenvalue weighted by Crippen LogP contribution is -1.96. The van der Waals surface area contributed by atoms with Gasteiger partial charge in [-0.15, -0.1) is 10.2 Å². The van der Waals surface area contributed by atoms with Crippen LogP contribution in [0, 0.1) is 6.92 Å². The fourth-order valence-electron chi connectivity index (χ4n) is 2.10. The second kappa shape index (κ2) is 5.29. The third kappa shape index (κ3) is 2.48. The topological polar surface area (TPSA) is 38.9 Å². The lowest BCUT2D eigenvalue weighted by Gasteiger charge is -2.07. The summed E-state index contributed by atoms with van der Waals surface area (Å²) in [7, 11) is 0. The van der Waals surface area contributed by atoms with E-state index in [9.17, 15) is 0 Å². The standard InChI is InChI=1S/C17H16N2O/c1-12-8-10-14(11-9-12)13(2)16-18-19-17(20-16)15-6-4-3-5-7-15/h3-11,13H,1-2H3. The molecule has 0 saturated carbocycles. The number of aryl methyl sites for hydroxylation is 1. The van der Waals surface area contributed by atoms with Crippen molar-refractivity contribution in [2.45, 2.75) is 19.8 Å². The maximum atomic E-state index is 5.79. The quantitative estimate of drug-likeness (QED) is 0.711. The van der Waals surface area contributed by atoms with Crippen LogP contribution in [0.5, 0.6) is 0 Å². The zero-order valence-electron chi connectivity index (χ0n) is 11.6. The predicted molar refractivity (Wildman–Crippen MR) is 78.4 cm³/mol. The van der Waals surface area contributed by atoms with E-state index in [0.717, 1.165) is 5.56 Å². The van der Waals surface area contributed by atoms with E-state index in [1.807, 2.05) is 30.3 Å². The minimum absolute atomic E-state index is 0.0977. The molecule has 0 saturated heterocycles. The van der Waals surface area contributed by atoms with Crippen LogP contribution in [0.3, 0.4) is 0 Å². The van der Waals surface area contributed by atoms with Gasteiger partial charge in [-0.05, 0) is 31.5 Å². The SMILES string of the molecule is Cc1ccc(C(C)c2nnc(-c3ccccc3)o2)cc1. The molecule has 0 aliphatic carbocycles. The molecule has 100 valence electrons. The monoisotopic (exact) mass is 264 g/mol. The van der Waals surface area contributed by atoms with Gasteiger partial charge in [-0.25, -0.2) is 0 Å². The molecule has 3 heteroatoms. The second-order valence-corrected chi connectivity index (χ2v) is 4.94. The number of rotatable bonds is 3. The van der Waals surface area contributed by atoms with Gasteiger partial charge in [0.25, 0.3) is 0 Å². The van der Waals surface area contributed by atoms with Crippen molar-refractivity contribution >= 4 is 0 Å². The largest absolute Gasteiger partial charge is 0.420 e. The molecule has 2 aromatic carbocycles. The van der Waals surface area contributed by atoms with Crippen LogP contribution in [0.4, 0.5) is 0 Å². The molecule has 1 unspecified atom stereocenters. The summed E-state index contributed by atoms with van der Waals surface area (Å²) in [6.45, 7) is 4.15. The Balaban J connectivity index is 1.88. The highest BCUT2D eigenvalue weighted by atomic mass is 16.4. The van der Waals surface area contributed by atoms with Crippen LogP contribution in [0.15, 0.2) is 59.0 Å². The van der Waals surface area contributed by atoms with Crippen molar-refractivity contribution in [3.63, 3.8) is 0 Å². The van der Waals surface area contributed by atoms with Crippen molar-refractivity contribution in [1.29, 1.82) is 0 Å². The molecule has 0 spiro atoms. The summed E-state index contributed by atoms with van der Waals surface area (Å²) in [6.07, 6.45) is 0. The molecule has 1 aromatic heterocycles. The Morgan fingerprint density at radius 3 is 2.30 bits per heavy atom. The van der Waals surface area contributed by atoms with E-state index in [2.05, 4.69) is 48.3 Å². The van der Waals surface area contributed by atoms with Crippen LogP contribution in [0.1, 0.15) is 29.9 Å². The second-order valence-electron chi connectivity index (χ2n) is 4.94. The van der Waals surface area contributed by atoms with Gasteiger partial charge in [-0.1, -0.05) is 48.0 Å². The Hall–Kier alpha value is -2.42. The van der Waals surface area contributed by atoms with E-state index < -0.39 is 0 Å². The molecular weight excluding hydrogens is 248 g/mol. The van der Waals surface area contributed by atoms with E-state index in [1.54, 1.807) is 0 Å². The Bertz CT molecular complexity index is 687. The van der Waals surface area contributed by atoms with Gasteiger partial charge in [0, 0.05) is 5.56 Å². The predicted octanol–water partition coefficient (Wildman–Crippen LogP) is 4.20. The highest BCUT2D eigenvalue weighted by Gasteiger charge is 2.16. The molecule has 0 fully saturated rings. The fraction of sp³-hybridized carbons (Fsp3) is 0.176. The number of nitrogens with zero attached hydrogens (tertiary/aromatic N) is 2. The van der Waals surface area contributed by atoms with Gasteiger partial charge in [-0.3, -0.25) is 0 Å². The molecule has 0 bridgehead atoms. The van der Waals surface area contributed by atoms with Gasteiger partial charge in [0.2, 0.25) is 11.8 Å². The Kier molecular flexibility index (Phi) is 3.33. The van der Waals surface area contributed by atoms with Crippen molar-refractivity contribution in [1.82, 2.24) is 10.2 Å². The van der Waals surface area contributed by atoms with E-state index >= 15 is 0 Å². The Labute approximate surface area is 118 Å². The molecule has 20 heavy (non-hydrogen) atoms. The summed E-state index contributed by atoms with van der Waals surface area (Å²) in [5.74, 6) is 1.31. The number of hydrogen-bond acceptors (Lipinski definition) is 3. The number of benzene rings is 2. The first-order valence-electron chi connectivity index (χ1n) is 6.69. The molecule has 3 aromatic rings. The van der Waals surface area contributed by atoms with Gasteiger partial charge in [0.15, 0.2) is 0 Å². The fourth-order valence-corrected chi connectivity index (χ4v) is 2.10. The molecule has 3 rings (SSSR count). The van der Waals surface area contributed by atoms with Gasteiger partial charge in [0.1, 0.15) is 0 Å². The average Bonchev–Trinajstić information content (AvgIpc) is 2.98. The molecule has 0 aliphatic rings. The lowest BCUT2D eigenvalue weighted by molar-refractivity contribution is 0.490. The molecule has 3 nitrogen and oxygen atoms in total. The summed E-state index contributed by atoms with van der Waals surface area (Å²) < 4.78 is 5.79. The Morgan fingerprint density at radius 2 is 1.60 bits per heavy atom. The molecule has 1 heterocycles. The zero-order valence-corrected chi connectivity index (χ0v) is 11.6. The van der Waals surface area contributed by atoms with Crippen LogP contribution in [0.25, 0.3) is 11.5 Å². The van der Waals surface area contributed by atoms with Crippen molar-refractivity contribution in [2.24, 2.45) is 0 Å². The van der Waals surface area contributed by atoms with Crippen LogP contribution >= 0.6 is 0 Å². The highest BCUT2D eigenvalue weighted by Crippen LogP contribution is 2.26. The van der Waals surface area contributed by atoms with Crippen LogP contribution in [-0.2, 0) is 0 Å². The van der Waals surface area contributed by atoms with E-state index in [-0.39, 0.29) is 5.92 Å². The first-order chi connectivity index (χ1) is 9.74. The molecule has 0 aliphatic heterocycles. The van der Waals surface area contributed by atoms with Gasteiger partial charge in [-0.2, -0.15) is 0 Å². The lowest BCUT2D eigenvalue weighted by atomic mass is 10.0. The average molecular weight is 264 g/mol. The molecular formula is C17H16N2O. The highest BCUT2D eigenvalue weighted by molar-refractivity contribution is 5.51. The Morgan fingerprint density at radius 1 is 0.900 bits per heavy atom. The van der Waals surface area contributed by atoms with E-state index in [1.165, 1.54) is 11.1 Å². The summed E-state index contributed by atoms with van der Waals surface area (Å²) in [5, 5.41) is 8.31. The maximum Gasteiger partial charge on any atom is 0.247 e. The van der Waals surface area contributed by atoms with Gasteiger partial charge in [0.05, 0.1) is 5.92 Å². The zero-order chi connectivity index (χ0) is 13.9. The van der Waals surface area contributed by atoms with E-state index in [0.29, 0.717) is 11.8 Å². The number of hydrogen-bond donors (Lipinski definition) is 0. The maximum absolute atomic E-state index is 5.79. The molecule has 0 radical (unpaired) electrons. The molecule has 0 amide bonds. The van der Waals surface area contributed by atoms with Crippen molar-refractivity contribution in [2.75, 3.05) is 0 Å². The van der Waals surface area contributed by atoms with Crippen molar-refractivity contribution in [3.8, 4) is 11.5 Å². The minimum Gasteiger partial charge on any atom is -0.420 e. The first kappa shape index (κ1) is 12.6. The first-order valence-corrected chi connectivity index (χ1v) is 6.69. The smallest absolute Gasteiger partial charge is 0.247 e. The van der Waals surface area contributed by atoms with Crippen LogP contribution < -0.4 is 0 Å². The van der Waals surface area contributed by atoms with Crippen LogP contribution in [-0.4, -0.2) is 10.2 Å². The minimum atomic E-state index is 0.0977. The third-order valence-corrected chi connectivity index (χ3v) is 3.41. The van der Waals surface area contributed by atoms with Gasteiger partial charge >= 0.3 is 0 Å². The van der Waals surface area contributed by atoms with Crippen LogP contribution in [0.2, 0.25) is 0 Å². The van der Waals surface area contributed by atoms with Gasteiger partial charge < -0.3 is 4.42 Å². The van der Waals surface area contributed by atoms with E-state index in [4.69, 9.17) is 4.42 Å². The third-order valence-electron chi connectivity index (χ3n) is 3.41. The number of aromatic nitrogens is 2. The normalized spacial score (nSPS) is 12.3. The molecule has 1 atom stereocenters. The summed E-state index contributed by atoms with van der Waals surface area (Å²) >= 11 is 0. The molecule has 0 N–H and O–H groups in total. The van der Waals surface area contributed by atoms with Crippen molar-refractivity contribution < 1.29 is 4.42 Å².